The molecule has 1 heterocycles. The van der Waals surface area contributed by atoms with Crippen LogP contribution in [0.25, 0.3) is 0 Å². The molecule has 3 N–H and O–H groups in total. The summed E-state index contributed by atoms with van der Waals surface area (Å²) in [6, 6.07) is 1.65. The van der Waals surface area contributed by atoms with E-state index in [2.05, 4.69) is 5.32 Å². The minimum atomic E-state index is 0.110. The highest BCUT2D eigenvalue weighted by Crippen LogP contribution is 2.41. The smallest absolute Gasteiger partial charge is 0.172 e. The Bertz CT molecular complexity index is 511. The number of fused-ring (bicyclic) bond motifs is 1. The van der Waals surface area contributed by atoms with Crippen LogP contribution >= 0.6 is 0 Å². The molecule has 6 heteroatoms. The van der Waals surface area contributed by atoms with Crippen LogP contribution in [-0.4, -0.2) is 33.0 Å². The largest absolute Gasteiger partial charge is 0.496 e. The van der Waals surface area contributed by atoms with Gasteiger partial charge in [0.2, 0.25) is 0 Å². The molecule has 0 atom stereocenters. The van der Waals surface area contributed by atoms with Crippen molar-refractivity contribution < 1.29 is 14.2 Å². The van der Waals surface area contributed by atoms with Crippen LogP contribution in [0.15, 0.2) is 6.07 Å². The first-order valence-corrected chi connectivity index (χ1v) is 4.91. The van der Waals surface area contributed by atoms with E-state index in [1.165, 1.54) is 21.3 Å². The van der Waals surface area contributed by atoms with Crippen molar-refractivity contribution in [2.45, 2.75) is 0 Å². The molecule has 90 valence electrons. The van der Waals surface area contributed by atoms with E-state index in [1.807, 2.05) is 0 Å². The zero-order valence-electron chi connectivity index (χ0n) is 9.80. The first-order valence-electron chi connectivity index (χ1n) is 4.91. The minimum absolute atomic E-state index is 0.110. The second-order valence-corrected chi connectivity index (χ2v) is 3.44. The predicted octanol–water partition coefficient (Wildman–Crippen LogP) is 0.966. The molecule has 0 saturated carbocycles. The van der Waals surface area contributed by atoms with E-state index in [4.69, 9.17) is 25.0 Å². The summed E-state index contributed by atoms with van der Waals surface area (Å²) in [5, 5.41) is 18.2. The summed E-state index contributed by atoms with van der Waals surface area (Å²) in [6.45, 7) is 0. The third-order valence-corrected chi connectivity index (χ3v) is 2.60. The number of hydrogen-bond acceptors (Lipinski definition) is 5. The quantitative estimate of drug-likeness (QED) is 0.728. The molecule has 2 rings (SSSR count). The molecule has 17 heavy (non-hydrogen) atoms. The molecule has 0 amide bonds. The molecule has 1 aromatic carbocycles. The van der Waals surface area contributed by atoms with Crippen molar-refractivity contribution in [1.82, 2.24) is 5.32 Å². The van der Waals surface area contributed by atoms with E-state index in [0.717, 1.165) is 0 Å². The lowest BCUT2D eigenvalue weighted by Crippen LogP contribution is -2.20. The van der Waals surface area contributed by atoms with Gasteiger partial charge >= 0.3 is 0 Å². The topological polar surface area (TPSA) is 87.4 Å². The van der Waals surface area contributed by atoms with Crippen LogP contribution < -0.4 is 19.5 Å². The van der Waals surface area contributed by atoms with Crippen LogP contribution in [0.5, 0.6) is 17.2 Å². The van der Waals surface area contributed by atoms with Crippen LogP contribution in [0.2, 0.25) is 0 Å². The summed E-state index contributed by atoms with van der Waals surface area (Å²) in [4.78, 5) is 0. The second-order valence-electron chi connectivity index (χ2n) is 3.44. The Morgan fingerprint density at radius 2 is 1.47 bits per heavy atom. The number of ether oxygens (including phenoxy) is 3. The summed E-state index contributed by atoms with van der Waals surface area (Å²) >= 11 is 0. The lowest BCUT2D eigenvalue weighted by Gasteiger charge is -2.14. The highest BCUT2D eigenvalue weighted by molar-refractivity contribution is 6.26. The van der Waals surface area contributed by atoms with Gasteiger partial charge in [0.1, 0.15) is 17.4 Å². The Balaban J connectivity index is 2.79. The van der Waals surface area contributed by atoms with E-state index in [9.17, 15) is 0 Å². The number of amidine groups is 2. The summed E-state index contributed by atoms with van der Waals surface area (Å²) in [7, 11) is 4.53. The van der Waals surface area contributed by atoms with Crippen LogP contribution in [0.3, 0.4) is 0 Å². The van der Waals surface area contributed by atoms with Gasteiger partial charge in [-0.15, -0.1) is 0 Å². The van der Waals surface area contributed by atoms with Crippen molar-refractivity contribution in [2.75, 3.05) is 21.3 Å². The molecule has 0 saturated heterocycles. The van der Waals surface area contributed by atoms with Gasteiger partial charge in [-0.1, -0.05) is 0 Å². The van der Waals surface area contributed by atoms with Crippen LogP contribution in [0.4, 0.5) is 0 Å². The maximum absolute atomic E-state index is 7.81. The maximum atomic E-state index is 7.81. The van der Waals surface area contributed by atoms with Gasteiger partial charge in [0.05, 0.1) is 32.5 Å². The van der Waals surface area contributed by atoms with Gasteiger partial charge in [-0.25, -0.2) is 0 Å². The fraction of sp³-hybridized carbons (Fsp3) is 0.273. The number of rotatable bonds is 3. The molecule has 0 spiro atoms. The minimum Gasteiger partial charge on any atom is -0.496 e. The summed E-state index contributed by atoms with van der Waals surface area (Å²) < 4.78 is 15.6. The Kier molecular flexibility index (Phi) is 2.63. The second kappa shape index (κ2) is 3.97. The lowest BCUT2D eigenvalue weighted by molar-refractivity contribution is 0.348. The molecular weight excluding hydrogens is 222 g/mol. The molecule has 6 nitrogen and oxygen atoms in total. The van der Waals surface area contributed by atoms with E-state index >= 15 is 0 Å². The molecule has 0 fully saturated rings. The van der Waals surface area contributed by atoms with E-state index in [-0.39, 0.29) is 11.7 Å². The number of hydrogen-bond donors (Lipinski definition) is 3. The normalized spacial score (nSPS) is 13.1. The highest BCUT2D eigenvalue weighted by Gasteiger charge is 2.31. The third-order valence-electron chi connectivity index (χ3n) is 2.60. The molecule has 0 aliphatic carbocycles. The van der Waals surface area contributed by atoms with Gasteiger partial charge < -0.3 is 19.5 Å². The Morgan fingerprint density at radius 3 is 2.00 bits per heavy atom. The third kappa shape index (κ3) is 1.49. The standard InChI is InChI=1S/C11H13N3O3/c1-15-5-4-6(16-2)9(17-3)8-7(5)10(12)14-11(8)13/h4H,1-3H3,(H3,12,13,14). The molecule has 0 unspecified atom stereocenters. The van der Waals surface area contributed by atoms with Crippen molar-refractivity contribution >= 4 is 11.7 Å². The van der Waals surface area contributed by atoms with E-state index in [0.29, 0.717) is 28.4 Å². The molecular formula is C11H13N3O3. The first kappa shape index (κ1) is 11.3. The first-order chi connectivity index (χ1) is 8.13. The maximum Gasteiger partial charge on any atom is 0.172 e. The Labute approximate surface area is 98.5 Å². The van der Waals surface area contributed by atoms with Crippen LogP contribution in [0, 0.1) is 10.8 Å². The monoisotopic (exact) mass is 235 g/mol. The summed E-state index contributed by atoms with van der Waals surface area (Å²) in [6.07, 6.45) is 0. The molecule has 0 bridgehead atoms. The van der Waals surface area contributed by atoms with Crippen LogP contribution in [-0.2, 0) is 0 Å². The molecule has 1 aliphatic rings. The number of nitrogens with one attached hydrogen (secondary N) is 3. The zero-order valence-corrected chi connectivity index (χ0v) is 9.80. The fourth-order valence-electron chi connectivity index (χ4n) is 1.87. The molecule has 0 aromatic heterocycles. The van der Waals surface area contributed by atoms with Gasteiger partial charge in [-0.05, 0) is 0 Å². The van der Waals surface area contributed by atoms with Gasteiger partial charge in [-0.3, -0.25) is 10.8 Å². The van der Waals surface area contributed by atoms with E-state index in [1.54, 1.807) is 6.07 Å². The van der Waals surface area contributed by atoms with Crippen molar-refractivity contribution in [2.24, 2.45) is 0 Å². The summed E-state index contributed by atoms with van der Waals surface area (Å²) in [5.74, 6) is 1.63. The fourth-order valence-corrected chi connectivity index (χ4v) is 1.87. The average Bonchev–Trinajstić information content (AvgIpc) is 2.63. The Hall–Kier alpha value is -2.24. The van der Waals surface area contributed by atoms with E-state index < -0.39 is 0 Å². The van der Waals surface area contributed by atoms with Gasteiger partial charge in [-0.2, -0.15) is 0 Å². The predicted molar refractivity (Wildman–Crippen MR) is 62.9 cm³/mol. The van der Waals surface area contributed by atoms with Crippen molar-refractivity contribution in [3.8, 4) is 17.2 Å². The number of methoxy groups -OCH3 is 3. The molecule has 1 aliphatic heterocycles. The van der Waals surface area contributed by atoms with Crippen molar-refractivity contribution in [1.29, 1.82) is 10.8 Å². The van der Waals surface area contributed by atoms with Gasteiger partial charge in [0.25, 0.3) is 0 Å². The summed E-state index contributed by atoms with van der Waals surface area (Å²) in [5.41, 5.74) is 1.02. The van der Waals surface area contributed by atoms with Crippen molar-refractivity contribution in [3.05, 3.63) is 17.2 Å². The van der Waals surface area contributed by atoms with Gasteiger partial charge in [0, 0.05) is 6.07 Å². The van der Waals surface area contributed by atoms with Crippen LogP contribution in [0.1, 0.15) is 11.1 Å². The Morgan fingerprint density at radius 1 is 0.882 bits per heavy atom. The van der Waals surface area contributed by atoms with Crippen molar-refractivity contribution in [3.63, 3.8) is 0 Å². The molecule has 1 aromatic rings. The molecule has 0 radical (unpaired) electrons. The van der Waals surface area contributed by atoms with Gasteiger partial charge in [0.15, 0.2) is 11.5 Å². The zero-order chi connectivity index (χ0) is 12.6. The highest BCUT2D eigenvalue weighted by atomic mass is 16.5. The number of benzene rings is 1. The SMILES string of the molecule is COc1cc(OC)c2c(c1OC)C(=N)NC2=N. The average molecular weight is 235 g/mol. The lowest BCUT2D eigenvalue weighted by atomic mass is 10.1.